The lowest BCUT2D eigenvalue weighted by Crippen LogP contribution is -2.53. The first-order valence-electron chi connectivity index (χ1n) is 9.86. The van der Waals surface area contributed by atoms with Crippen molar-refractivity contribution >= 4 is 5.78 Å². The molecule has 0 saturated heterocycles. The van der Waals surface area contributed by atoms with Gasteiger partial charge in [0.1, 0.15) is 11.9 Å². The maximum atomic E-state index is 12.2. The lowest BCUT2D eigenvalue weighted by molar-refractivity contribution is -0.128. The Labute approximate surface area is 145 Å². The van der Waals surface area contributed by atoms with Gasteiger partial charge in [-0.05, 0) is 86.0 Å². The van der Waals surface area contributed by atoms with E-state index in [4.69, 9.17) is 0 Å². The third-order valence-electron chi connectivity index (χ3n) is 8.66. The number of aliphatic hydroxyl groups is 2. The van der Waals surface area contributed by atoms with E-state index in [1.165, 1.54) is 6.42 Å². The summed E-state index contributed by atoms with van der Waals surface area (Å²) in [5.41, 5.74) is 1.32. The van der Waals surface area contributed by atoms with Crippen molar-refractivity contribution in [2.45, 2.75) is 77.9 Å². The first-order valence-corrected chi connectivity index (χ1v) is 9.86. The molecule has 4 aliphatic carbocycles. The molecule has 2 N–H and O–H groups in total. The van der Waals surface area contributed by atoms with Crippen LogP contribution in [-0.2, 0) is 4.79 Å². The Morgan fingerprint density at radius 3 is 2.54 bits per heavy atom. The van der Waals surface area contributed by atoms with E-state index in [1.807, 2.05) is 0 Å². The normalized spacial score (nSPS) is 53.6. The summed E-state index contributed by atoms with van der Waals surface area (Å²) in [6.07, 6.45) is 8.25. The summed E-state index contributed by atoms with van der Waals surface area (Å²) in [6.45, 7) is 6.47. The number of allylic oxidation sites excluding steroid dienone is 1. The summed E-state index contributed by atoms with van der Waals surface area (Å²) in [4.78, 5) is 12.2. The Bertz CT molecular complexity index is 582. The maximum Gasteiger partial charge on any atom is 0.133 e. The van der Waals surface area contributed by atoms with Crippen molar-refractivity contribution in [1.82, 2.24) is 0 Å². The predicted octanol–water partition coefficient (Wildman–Crippen LogP) is 3.49. The zero-order valence-corrected chi connectivity index (χ0v) is 15.3. The van der Waals surface area contributed by atoms with Crippen molar-refractivity contribution in [3.05, 3.63) is 11.6 Å². The van der Waals surface area contributed by atoms with Gasteiger partial charge in [-0.3, -0.25) is 4.79 Å². The van der Waals surface area contributed by atoms with Gasteiger partial charge in [0, 0.05) is 5.92 Å². The van der Waals surface area contributed by atoms with Gasteiger partial charge in [-0.15, -0.1) is 0 Å². The number of fused-ring (bicyclic) bond motifs is 5. The fraction of sp³-hybridized carbons (Fsp3) is 0.857. The molecule has 0 heterocycles. The highest BCUT2D eigenvalue weighted by Crippen LogP contribution is 2.66. The average molecular weight is 332 g/mol. The van der Waals surface area contributed by atoms with Gasteiger partial charge in [-0.25, -0.2) is 0 Å². The molecule has 4 rings (SSSR count). The van der Waals surface area contributed by atoms with Gasteiger partial charge in [0.05, 0.1) is 6.10 Å². The van der Waals surface area contributed by atoms with Gasteiger partial charge in [0.25, 0.3) is 0 Å². The molecule has 0 aromatic rings. The Balaban J connectivity index is 1.68. The summed E-state index contributed by atoms with van der Waals surface area (Å²) in [5, 5.41) is 20.6. The molecule has 0 aromatic carbocycles. The minimum Gasteiger partial charge on any atom is -0.390 e. The third kappa shape index (κ3) is 2.07. The summed E-state index contributed by atoms with van der Waals surface area (Å²) in [7, 11) is 0. The van der Waals surface area contributed by atoms with Gasteiger partial charge in [-0.1, -0.05) is 19.9 Å². The second-order valence-corrected chi connectivity index (χ2v) is 9.53. The predicted molar refractivity (Wildman–Crippen MR) is 93.3 cm³/mol. The number of Topliss-reactive ketones (excluding diaryl/α,β-unsaturated/α-hetero) is 1. The average Bonchev–Trinajstić information content (AvgIpc) is 2.89. The van der Waals surface area contributed by atoms with Gasteiger partial charge < -0.3 is 10.2 Å². The van der Waals surface area contributed by atoms with Crippen LogP contribution in [-0.4, -0.2) is 28.2 Å². The molecule has 4 aliphatic rings. The first kappa shape index (κ1) is 16.8. The van der Waals surface area contributed by atoms with Crippen LogP contribution in [0.5, 0.6) is 0 Å². The number of carbonyl (C=O) groups is 1. The number of carbonyl (C=O) groups excluding carboxylic acids is 1. The van der Waals surface area contributed by atoms with Crippen LogP contribution in [0.4, 0.5) is 0 Å². The molecule has 3 fully saturated rings. The Morgan fingerprint density at radius 2 is 1.83 bits per heavy atom. The van der Waals surface area contributed by atoms with E-state index in [9.17, 15) is 15.0 Å². The fourth-order valence-corrected chi connectivity index (χ4v) is 7.39. The van der Waals surface area contributed by atoms with Crippen LogP contribution in [0, 0.1) is 34.5 Å². The molecule has 8 atom stereocenters. The van der Waals surface area contributed by atoms with E-state index in [0.29, 0.717) is 30.0 Å². The number of rotatable bonds is 1. The Morgan fingerprint density at radius 1 is 1.08 bits per heavy atom. The topological polar surface area (TPSA) is 57.5 Å². The highest BCUT2D eigenvalue weighted by Gasteiger charge is 2.60. The third-order valence-corrected chi connectivity index (χ3v) is 8.66. The smallest absolute Gasteiger partial charge is 0.133 e. The van der Waals surface area contributed by atoms with Crippen molar-refractivity contribution in [3.63, 3.8) is 0 Å². The lowest BCUT2D eigenvalue weighted by atomic mass is 9.47. The molecule has 3 heteroatoms. The molecule has 0 unspecified atom stereocenters. The molecule has 3 nitrogen and oxygen atoms in total. The minimum atomic E-state index is -0.674. The van der Waals surface area contributed by atoms with Gasteiger partial charge in [-0.2, -0.15) is 0 Å². The van der Waals surface area contributed by atoms with Crippen molar-refractivity contribution in [3.8, 4) is 0 Å². The van der Waals surface area contributed by atoms with E-state index in [0.717, 1.165) is 37.7 Å². The van der Waals surface area contributed by atoms with Crippen LogP contribution in [0.1, 0.15) is 65.7 Å². The summed E-state index contributed by atoms with van der Waals surface area (Å²) < 4.78 is 0. The number of ketones is 1. The van der Waals surface area contributed by atoms with E-state index in [-0.39, 0.29) is 16.7 Å². The van der Waals surface area contributed by atoms with Gasteiger partial charge in [0.15, 0.2) is 0 Å². The SMILES string of the molecule is CC(=O)[C@H]1CC[C@H]2[C@@H]3CC=C4[C@@H](O)[C@@H](O)CC[C@]4(C)[C@H]3CC[C@]12C. The van der Waals surface area contributed by atoms with Crippen LogP contribution in [0.2, 0.25) is 0 Å². The van der Waals surface area contributed by atoms with Crippen molar-refractivity contribution in [1.29, 1.82) is 0 Å². The van der Waals surface area contributed by atoms with Crippen molar-refractivity contribution < 1.29 is 15.0 Å². The van der Waals surface area contributed by atoms with Crippen molar-refractivity contribution in [2.75, 3.05) is 0 Å². The fourth-order valence-electron chi connectivity index (χ4n) is 7.39. The molecule has 0 amide bonds. The molecule has 0 aliphatic heterocycles. The number of aliphatic hydroxyl groups excluding tert-OH is 2. The zero-order valence-electron chi connectivity index (χ0n) is 15.3. The van der Waals surface area contributed by atoms with E-state index < -0.39 is 12.2 Å². The first-order chi connectivity index (χ1) is 11.3. The monoisotopic (exact) mass is 332 g/mol. The van der Waals surface area contributed by atoms with Crippen LogP contribution in [0.15, 0.2) is 11.6 Å². The van der Waals surface area contributed by atoms with Crippen LogP contribution in [0.25, 0.3) is 0 Å². The van der Waals surface area contributed by atoms with E-state index >= 15 is 0 Å². The largest absolute Gasteiger partial charge is 0.390 e. The summed E-state index contributed by atoms with van der Waals surface area (Å²) >= 11 is 0. The summed E-state index contributed by atoms with van der Waals surface area (Å²) in [6, 6.07) is 0. The second kappa shape index (κ2) is 5.41. The second-order valence-electron chi connectivity index (χ2n) is 9.53. The van der Waals surface area contributed by atoms with Crippen LogP contribution >= 0.6 is 0 Å². The van der Waals surface area contributed by atoms with Gasteiger partial charge >= 0.3 is 0 Å². The molecule has 0 spiro atoms. The highest BCUT2D eigenvalue weighted by molar-refractivity contribution is 5.79. The van der Waals surface area contributed by atoms with Gasteiger partial charge in [0.2, 0.25) is 0 Å². The van der Waals surface area contributed by atoms with Crippen LogP contribution < -0.4 is 0 Å². The molecule has 134 valence electrons. The zero-order chi connectivity index (χ0) is 17.3. The van der Waals surface area contributed by atoms with Crippen LogP contribution in [0.3, 0.4) is 0 Å². The molecule has 0 radical (unpaired) electrons. The summed E-state index contributed by atoms with van der Waals surface area (Å²) in [5.74, 6) is 2.52. The Kier molecular flexibility index (Phi) is 3.78. The maximum absolute atomic E-state index is 12.2. The lowest BCUT2D eigenvalue weighted by Gasteiger charge is -2.58. The standard InChI is InChI=1S/C21H32O3/c1-12(22)14-6-7-15-13-4-5-17-19(24)18(23)9-11-21(17,3)16(13)8-10-20(14,15)2/h5,13-16,18-19,23-24H,4,6-11H2,1-3H3/t13-,14+,15-,16-,18-,19+,20+,21+/m0/s1. The molecular weight excluding hydrogens is 300 g/mol. The number of hydrogen-bond acceptors (Lipinski definition) is 3. The molecule has 3 saturated carbocycles. The van der Waals surface area contributed by atoms with E-state index in [1.54, 1.807) is 6.92 Å². The highest BCUT2D eigenvalue weighted by atomic mass is 16.3. The Hall–Kier alpha value is -0.670. The van der Waals surface area contributed by atoms with Crippen molar-refractivity contribution in [2.24, 2.45) is 34.5 Å². The number of hydrogen-bond donors (Lipinski definition) is 2. The molecule has 24 heavy (non-hydrogen) atoms. The minimum absolute atomic E-state index is 0.0389. The van der Waals surface area contributed by atoms with E-state index in [2.05, 4.69) is 19.9 Å². The quantitative estimate of drug-likeness (QED) is 0.723. The molecular formula is C21H32O3. The molecule has 0 aromatic heterocycles. The molecule has 0 bridgehead atoms.